The summed E-state index contributed by atoms with van der Waals surface area (Å²) in [5, 5.41) is 0. The van der Waals surface area contributed by atoms with E-state index in [0.29, 0.717) is 83.7 Å². The van der Waals surface area contributed by atoms with Gasteiger partial charge in [0.25, 0.3) is 17.7 Å². The average Bonchev–Trinajstić information content (AvgIpc) is 1.49. The van der Waals surface area contributed by atoms with Gasteiger partial charge in [0.2, 0.25) is 20.0 Å². The lowest BCUT2D eigenvalue weighted by Gasteiger charge is -2.24. The molecule has 0 aliphatic carbocycles. The Kier molecular flexibility index (Phi) is 24.8. The zero-order chi connectivity index (χ0) is 73.2. The standard InChI is InChI=1S/C25H23F3N2O5S.C25H26N2O4S.C25H25NO4S.CH3F/c1-29(36(32,33)21-5-3-2-4-6-21)13-14-30-15-16-34-23-12-9-19(17-22(23)24(30)31)18-7-10-20(11-8-18)35-25(26,27)28;1-19-8-10-20(11-9-19)21-12-13-24-23(18-21)25(28)27(16-17-31-24)15-14-26(2)32(29,30)22-6-4-3-5-7-22;1-19-8-10-20(11-9-19)21-12-13-24-23(18-21)25(27)26(15-16-30-24)14-5-17-31(28,29)22-6-3-2-4-7-22;1-2/h2-12,17H,13-16H2,1H3;3-13,18H,14-17H2,1-2H3;2-4,6-13,18H,5,14-17H2,1H3;1H3/i;;;1D. The van der Waals surface area contributed by atoms with Gasteiger partial charge in [-0.05, 0) is 139 Å². The first-order valence-corrected chi connectivity index (χ1v) is 36.6. The number of hydrogen-bond donors (Lipinski definition) is 0. The molecule has 0 saturated heterocycles. The number of aryl methyl sites for hydroxylation is 2. The van der Waals surface area contributed by atoms with Crippen molar-refractivity contribution >= 4 is 47.6 Å². The van der Waals surface area contributed by atoms with Crippen molar-refractivity contribution in [3.05, 3.63) is 246 Å². The van der Waals surface area contributed by atoms with Crippen LogP contribution in [0.15, 0.2) is 233 Å². The summed E-state index contributed by atoms with van der Waals surface area (Å²) < 4.78 is 153. The number of rotatable bonds is 19. The van der Waals surface area contributed by atoms with Crippen LogP contribution in [0.2, 0.25) is 0 Å². The van der Waals surface area contributed by atoms with Crippen molar-refractivity contribution in [2.24, 2.45) is 0 Å². The van der Waals surface area contributed by atoms with Gasteiger partial charge in [0.05, 0.1) is 65.3 Å². The number of carbonyl (C=O) groups is 3. The lowest BCUT2D eigenvalue weighted by Crippen LogP contribution is -2.40. The largest absolute Gasteiger partial charge is 0.573 e. The molecule has 3 heterocycles. The minimum Gasteiger partial charge on any atom is -0.491 e. The lowest BCUT2D eigenvalue weighted by atomic mass is 10.0. The number of alkyl halides is 4. The molecule has 9 aromatic rings. The Bertz CT molecular complexity index is 4690. The molecule has 0 atom stereocenters. The molecule has 0 unspecified atom stereocenters. The van der Waals surface area contributed by atoms with E-state index < -0.39 is 43.4 Å². The van der Waals surface area contributed by atoms with Gasteiger partial charge >= 0.3 is 6.36 Å². The maximum absolute atomic E-state index is 13.3. The molecule has 0 aromatic heterocycles. The van der Waals surface area contributed by atoms with Crippen molar-refractivity contribution in [2.45, 2.75) is 41.3 Å². The molecule has 0 bridgehead atoms. The number of likely N-dealkylation sites (N-methyl/N-ethyl adjacent to an activating group) is 2. The van der Waals surface area contributed by atoms with Gasteiger partial charge in [0, 0.05) is 46.8 Å². The van der Waals surface area contributed by atoms with Crippen LogP contribution >= 0.6 is 0 Å². The van der Waals surface area contributed by atoms with Crippen LogP contribution in [-0.4, -0.2) is 172 Å². The monoisotopic (exact) mass is 1440 g/mol. The molecule has 0 fully saturated rings. The first-order chi connectivity index (χ1) is 48.8. The molecular weight excluding hydrogens is 1360 g/mol. The van der Waals surface area contributed by atoms with E-state index in [1.807, 2.05) is 98.8 Å². The normalized spacial score (nSPS) is 14.0. The highest BCUT2D eigenvalue weighted by molar-refractivity contribution is 7.91. The van der Waals surface area contributed by atoms with Crippen molar-refractivity contribution in [3.63, 3.8) is 0 Å². The minimum absolute atomic E-state index is 0.00207. The fourth-order valence-corrected chi connectivity index (χ4v) is 14.8. The zero-order valence-corrected chi connectivity index (χ0v) is 58.4. The summed E-state index contributed by atoms with van der Waals surface area (Å²) in [6.45, 7) is 7.20. The predicted octanol–water partition coefficient (Wildman–Crippen LogP) is 13.2. The molecule has 0 saturated carbocycles. The Morgan fingerprint density at radius 2 is 0.752 bits per heavy atom. The quantitative estimate of drug-likeness (QED) is 0.0691. The van der Waals surface area contributed by atoms with E-state index >= 15 is 0 Å². The number of hydrogen-bond acceptors (Lipinski definition) is 13. The number of carbonyl (C=O) groups excluding carboxylic acids is 3. The SMILES string of the molecule is CN(CCN1CCOc2ccc(-c3ccc(OC(F)(F)F)cc3)cc2C1=O)S(=O)(=O)c1ccccc1.Cc1ccc(-c2ccc3c(c2)C(=O)N(CCCS(=O)(=O)c2ccccc2)CCO3)cc1.Cc1ccc(-c2ccc3c(c2)C(=O)N(CCN(C)S(=O)(=O)c2ccccc2)CCO3)cc1.[2H]CF. The molecule has 3 aliphatic heterocycles. The van der Waals surface area contributed by atoms with Crippen molar-refractivity contribution in [2.75, 3.05) is 99.2 Å². The lowest BCUT2D eigenvalue weighted by molar-refractivity contribution is -0.274. The second kappa shape index (κ2) is 34.0. The van der Waals surface area contributed by atoms with Gasteiger partial charge in [-0.15, -0.1) is 13.2 Å². The molecule has 0 radical (unpaired) electrons. The number of sulfonamides is 2. The summed E-state index contributed by atoms with van der Waals surface area (Å²) in [7, 11) is -8.68. The number of halogens is 4. The molecule has 0 spiro atoms. The van der Waals surface area contributed by atoms with Gasteiger partial charge in [-0.1, -0.05) is 145 Å². The summed E-state index contributed by atoms with van der Waals surface area (Å²) in [5.74, 6) is 0.550. The Morgan fingerprint density at radius 3 is 1.09 bits per heavy atom. The Hall–Kier alpha value is -9.92. The van der Waals surface area contributed by atoms with E-state index in [9.17, 15) is 57.2 Å². The topological polar surface area (TPSA) is 207 Å². The second-order valence-corrected chi connectivity index (χ2v) is 29.8. The third-order valence-corrected chi connectivity index (χ3v) is 22.3. The van der Waals surface area contributed by atoms with E-state index in [4.69, 9.17) is 15.6 Å². The van der Waals surface area contributed by atoms with Gasteiger partial charge in [-0.2, -0.15) is 8.61 Å². The number of benzene rings is 9. The van der Waals surface area contributed by atoms with Crippen LogP contribution in [0.5, 0.6) is 23.0 Å². The molecule has 101 heavy (non-hydrogen) atoms. The van der Waals surface area contributed by atoms with Gasteiger partial charge in [0.1, 0.15) is 42.8 Å². The minimum atomic E-state index is -4.78. The summed E-state index contributed by atoms with van der Waals surface area (Å²) in [6, 6.07) is 62.6. The van der Waals surface area contributed by atoms with Gasteiger partial charge < -0.3 is 33.6 Å². The zero-order valence-electron chi connectivity index (χ0n) is 57.0. The van der Waals surface area contributed by atoms with Crippen molar-refractivity contribution < 1.29 is 77.5 Å². The van der Waals surface area contributed by atoms with E-state index in [1.54, 1.807) is 107 Å². The Morgan fingerprint density at radius 1 is 0.446 bits per heavy atom. The highest BCUT2D eigenvalue weighted by atomic mass is 32.2. The summed E-state index contributed by atoms with van der Waals surface area (Å²) in [4.78, 5) is 45.4. The first-order valence-electron chi connectivity index (χ1n) is 32.8. The summed E-state index contributed by atoms with van der Waals surface area (Å²) >= 11 is 0. The first kappa shape index (κ1) is 73.8. The fourth-order valence-electron chi connectivity index (χ4n) is 11.1. The summed E-state index contributed by atoms with van der Waals surface area (Å²) in [6.07, 6.45) is -4.41. The average molecular weight is 1440 g/mol. The van der Waals surface area contributed by atoms with Gasteiger partial charge in [0.15, 0.2) is 9.84 Å². The maximum Gasteiger partial charge on any atom is 0.573 e. The summed E-state index contributed by atoms with van der Waals surface area (Å²) in [5.41, 5.74) is 8.78. The number of fused-ring (bicyclic) bond motifs is 3. The third kappa shape index (κ3) is 19.5. The molecular formula is C76H77F4N5O13S3. The van der Waals surface area contributed by atoms with Crippen LogP contribution in [0.1, 0.15) is 50.0 Å². The van der Waals surface area contributed by atoms with Crippen LogP contribution in [0.4, 0.5) is 17.6 Å². The molecule has 18 nitrogen and oxygen atoms in total. The van der Waals surface area contributed by atoms with E-state index in [2.05, 4.69) is 4.74 Å². The van der Waals surface area contributed by atoms with E-state index in [-0.39, 0.29) is 83.9 Å². The highest BCUT2D eigenvalue weighted by Gasteiger charge is 2.33. The molecule has 3 amide bonds. The smallest absolute Gasteiger partial charge is 0.491 e. The van der Waals surface area contributed by atoms with E-state index in [0.717, 1.165) is 22.3 Å². The van der Waals surface area contributed by atoms with Crippen molar-refractivity contribution in [3.8, 4) is 56.4 Å². The van der Waals surface area contributed by atoms with Crippen LogP contribution in [0, 0.1) is 13.8 Å². The van der Waals surface area contributed by atoms with Crippen molar-refractivity contribution in [1.82, 2.24) is 23.3 Å². The molecule has 0 N–H and O–H groups in total. The Labute approximate surface area is 588 Å². The predicted molar refractivity (Wildman–Crippen MR) is 379 cm³/mol. The third-order valence-electron chi connectivity index (χ3n) is 16.8. The van der Waals surface area contributed by atoms with Crippen LogP contribution in [0.25, 0.3) is 33.4 Å². The Balaban J connectivity index is 0.000000175. The highest BCUT2D eigenvalue weighted by Crippen LogP contribution is 2.34. The number of sulfone groups is 1. The van der Waals surface area contributed by atoms with E-state index in [1.165, 1.54) is 75.1 Å². The van der Waals surface area contributed by atoms with Crippen LogP contribution in [-0.2, 0) is 29.9 Å². The molecule has 9 aromatic carbocycles. The van der Waals surface area contributed by atoms with Gasteiger partial charge in [-0.3, -0.25) is 18.8 Å². The fraction of sp³-hybridized carbons (Fsp3) is 0.250. The number of ether oxygens (including phenoxy) is 4. The molecule has 530 valence electrons. The maximum atomic E-state index is 13.3. The van der Waals surface area contributed by atoms with Crippen LogP contribution in [0.3, 0.4) is 0 Å². The number of nitrogens with zero attached hydrogens (tertiary/aromatic N) is 5. The van der Waals surface area contributed by atoms with Gasteiger partial charge in [-0.25, -0.2) is 25.3 Å². The molecule has 3 aliphatic rings. The second-order valence-electron chi connectivity index (χ2n) is 23.6. The molecule has 12 rings (SSSR count). The van der Waals surface area contributed by atoms with Crippen LogP contribution < -0.4 is 18.9 Å². The number of amides is 3. The van der Waals surface area contributed by atoms with Crippen molar-refractivity contribution in [1.29, 1.82) is 0 Å². The molecule has 25 heteroatoms.